The van der Waals surface area contributed by atoms with Gasteiger partial charge in [0, 0.05) is 18.0 Å². The molecule has 1 aromatic heterocycles. The number of aliphatic hydroxyl groups is 1. The second kappa shape index (κ2) is 17.0. The summed E-state index contributed by atoms with van der Waals surface area (Å²) < 4.78 is 36.3. The number of nitriles is 1. The smallest absolute Gasteiger partial charge is 0.315 e. The van der Waals surface area contributed by atoms with Gasteiger partial charge in [0.2, 0.25) is 5.88 Å². The number of nitrogens with one attached hydrogen (secondary N) is 1. The van der Waals surface area contributed by atoms with Crippen LogP contribution in [0, 0.1) is 68.0 Å². The van der Waals surface area contributed by atoms with Crippen molar-refractivity contribution in [2.45, 2.75) is 174 Å². The monoisotopic (exact) mass is 898 g/mol. The Morgan fingerprint density at radius 1 is 0.953 bits per heavy atom. The highest BCUT2D eigenvalue weighted by atomic mass is 32.2. The molecule has 0 aromatic carbocycles. The molecule has 0 spiro atoms. The zero-order chi connectivity index (χ0) is 46.1. The van der Waals surface area contributed by atoms with Crippen molar-refractivity contribution in [3.8, 4) is 11.9 Å². The van der Waals surface area contributed by atoms with Gasteiger partial charge in [-0.15, -0.1) is 0 Å². The summed E-state index contributed by atoms with van der Waals surface area (Å²) in [6.45, 7) is 23.0. The second-order valence-corrected chi connectivity index (χ2v) is 25.8. The summed E-state index contributed by atoms with van der Waals surface area (Å²) in [5.41, 5.74) is 3.51. The molecule has 0 bridgehead atoms. The number of nitrogens with zero attached hydrogens (tertiary/aromatic N) is 2. The van der Waals surface area contributed by atoms with Crippen molar-refractivity contribution in [1.29, 1.82) is 5.26 Å². The van der Waals surface area contributed by atoms with Crippen molar-refractivity contribution in [3.63, 3.8) is 0 Å². The normalized spacial score (nSPS) is 41.4. The lowest BCUT2D eigenvalue weighted by Gasteiger charge is -2.72. The molecule has 8 rings (SSSR count). The Labute approximate surface area is 385 Å². The van der Waals surface area contributed by atoms with Crippen LogP contribution in [-0.2, 0) is 19.4 Å². The van der Waals surface area contributed by atoms with E-state index in [0.717, 1.165) is 32.2 Å². The van der Waals surface area contributed by atoms with Crippen LogP contribution in [0.1, 0.15) is 163 Å². The van der Waals surface area contributed by atoms with Crippen LogP contribution in [0.25, 0.3) is 0 Å². The quantitative estimate of drug-likeness (QED) is 0.155. The lowest BCUT2D eigenvalue weighted by Crippen LogP contribution is -2.68. The minimum atomic E-state index is -3.08. The molecule has 10 heteroatoms. The zero-order valence-electron chi connectivity index (χ0n) is 40.5. The van der Waals surface area contributed by atoms with Crippen molar-refractivity contribution in [3.05, 3.63) is 59.3 Å². The molecule has 2 N–H and O–H groups in total. The van der Waals surface area contributed by atoms with E-state index in [9.17, 15) is 23.6 Å². The van der Waals surface area contributed by atoms with Gasteiger partial charge in [0.1, 0.15) is 33.5 Å². The fraction of sp³-hybridized carbons (Fsp3) is 0.759. The number of hydrogen-bond donors (Lipinski definition) is 2. The number of hydrogen-bond acceptors (Lipinski definition) is 9. The molecule has 7 aliphatic rings. The maximum absolute atomic E-state index is 13.6. The zero-order valence-corrected chi connectivity index (χ0v) is 41.3. The van der Waals surface area contributed by atoms with E-state index in [1.165, 1.54) is 61.5 Å². The van der Waals surface area contributed by atoms with E-state index in [1.54, 1.807) is 18.3 Å². The highest BCUT2D eigenvalue weighted by Crippen LogP contribution is 2.76. The summed E-state index contributed by atoms with van der Waals surface area (Å²) in [5, 5.41) is 25.1. The first kappa shape index (κ1) is 47.5. The van der Waals surface area contributed by atoms with Gasteiger partial charge in [-0.3, -0.25) is 4.79 Å². The molecule has 10 atom stereocenters. The van der Waals surface area contributed by atoms with Crippen LogP contribution < -0.4 is 10.1 Å². The predicted octanol–water partition coefficient (Wildman–Crippen LogP) is 10.6. The molecule has 9 nitrogen and oxygen atoms in total. The van der Waals surface area contributed by atoms with E-state index in [0.29, 0.717) is 86.7 Å². The fourth-order valence-electron chi connectivity index (χ4n) is 16.6. The van der Waals surface area contributed by atoms with Gasteiger partial charge in [0.05, 0.1) is 17.5 Å². The molecule has 64 heavy (non-hydrogen) atoms. The molecule has 0 radical (unpaired) electrons. The Bertz CT molecular complexity index is 2200. The number of ether oxygens (including phenoxy) is 2. The number of carbonyl (C=O) groups excluding carboxylic acids is 1. The van der Waals surface area contributed by atoms with E-state index >= 15 is 0 Å². The Kier molecular flexibility index (Phi) is 12.6. The summed E-state index contributed by atoms with van der Waals surface area (Å²) in [7, 11) is -3.08. The van der Waals surface area contributed by atoms with Gasteiger partial charge in [-0.05, 0) is 204 Å². The van der Waals surface area contributed by atoms with Crippen molar-refractivity contribution in [2.75, 3.05) is 26.0 Å². The van der Waals surface area contributed by atoms with E-state index < -0.39 is 20.9 Å². The average molecular weight is 898 g/mol. The van der Waals surface area contributed by atoms with Crippen LogP contribution in [0.2, 0.25) is 0 Å². The topological polar surface area (TPSA) is 139 Å². The summed E-state index contributed by atoms with van der Waals surface area (Å²) in [6, 6.07) is 5.56. The van der Waals surface area contributed by atoms with Crippen molar-refractivity contribution in [2.24, 2.45) is 56.7 Å². The first-order valence-electron chi connectivity index (χ1n) is 25.0. The molecule has 1 heterocycles. The van der Waals surface area contributed by atoms with Gasteiger partial charge in [-0.1, -0.05) is 58.9 Å². The molecule has 1 aromatic rings. The van der Waals surface area contributed by atoms with E-state index in [2.05, 4.69) is 76.6 Å². The maximum atomic E-state index is 13.6. The van der Waals surface area contributed by atoms with Crippen LogP contribution in [0.4, 0.5) is 0 Å². The van der Waals surface area contributed by atoms with E-state index in [-0.39, 0.29) is 50.9 Å². The highest BCUT2D eigenvalue weighted by Gasteiger charge is 2.70. The number of allylic oxidation sites excluding steroid dienone is 5. The van der Waals surface area contributed by atoms with Gasteiger partial charge >= 0.3 is 5.97 Å². The number of aromatic nitrogens is 1. The number of pyridine rings is 1. The third-order valence-corrected chi connectivity index (χ3v) is 21.9. The molecule has 5 saturated carbocycles. The molecule has 352 valence electrons. The van der Waals surface area contributed by atoms with Crippen molar-refractivity contribution < 1.29 is 27.8 Å². The number of sulfone groups is 1. The molecule has 7 aliphatic carbocycles. The van der Waals surface area contributed by atoms with Crippen LogP contribution in [0.5, 0.6) is 5.88 Å². The molecule has 0 aliphatic heterocycles. The minimum Gasteiger partial charge on any atom is -0.475 e. The largest absolute Gasteiger partial charge is 0.475 e. The van der Waals surface area contributed by atoms with Gasteiger partial charge in [-0.2, -0.15) is 5.26 Å². The lowest BCUT2D eigenvalue weighted by atomic mass is 9.33. The van der Waals surface area contributed by atoms with E-state index in [4.69, 9.17) is 9.47 Å². The van der Waals surface area contributed by atoms with Crippen LogP contribution >= 0.6 is 0 Å². The summed E-state index contributed by atoms with van der Waals surface area (Å²) in [6.07, 6.45) is 23.5. The minimum absolute atomic E-state index is 0.0236. The molecular formula is C54H79N3O6S. The van der Waals surface area contributed by atoms with Gasteiger partial charge in [0.25, 0.3) is 0 Å². The predicted molar refractivity (Wildman–Crippen MR) is 253 cm³/mol. The molecule has 0 saturated heterocycles. The molecule has 5 fully saturated rings. The first-order chi connectivity index (χ1) is 30.1. The van der Waals surface area contributed by atoms with Crippen LogP contribution in [-0.4, -0.2) is 66.9 Å². The third kappa shape index (κ3) is 7.75. The highest BCUT2D eigenvalue weighted by molar-refractivity contribution is 7.91. The Morgan fingerprint density at radius 2 is 1.70 bits per heavy atom. The first-order valence-corrected chi connectivity index (χ1v) is 26.9. The van der Waals surface area contributed by atoms with E-state index in [1.807, 2.05) is 6.92 Å². The maximum Gasteiger partial charge on any atom is 0.315 e. The summed E-state index contributed by atoms with van der Waals surface area (Å²) >= 11 is 0. The lowest BCUT2D eigenvalue weighted by molar-refractivity contribution is -0.221. The van der Waals surface area contributed by atoms with Gasteiger partial charge in [0.15, 0.2) is 0 Å². The van der Waals surface area contributed by atoms with Crippen molar-refractivity contribution >= 4 is 15.8 Å². The van der Waals surface area contributed by atoms with Crippen LogP contribution in [0.15, 0.2) is 53.8 Å². The standard InChI is InChI=1S/C54H79N3O6S/c1-10-62-47(58)52(35-63-46-38(34-55)12-11-32-56-46)24-15-37(16-25-52)41-20-22-49(6)43(48(41,4)5)21-23-51(8)44(49)14-13-42-45-40(36(2)3)19-28-54(45,30-29-50(42,51)7)57-33-31-53(59)26-17-39(18-27-53)64(9,60)61/h11-12,15,20,32,39-40,42-45,57,59H,2,10,13-14,16-19,21-31,33,35H2,1,3-9H3/t39-,40?,42-,43+,44-,45-,49+,50-,51-,52+,53+,54+/m1/s1. The molecular weight excluding hydrogens is 819 g/mol. The Hall–Kier alpha value is -3.00. The third-order valence-electron chi connectivity index (χ3n) is 20.2. The fourth-order valence-corrected chi connectivity index (χ4v) is 17.6. The summed E-state index contributed by atoms with van der Waals surface area (Å²) in [4.78, 5) is 17.9. The van der Waals surface area contributed by atoms with Gasteiger partial charge < -0.3 is 19.9 Å². The number of esters is 1. The number of rotatable bonds is 12. The van der Waals surface area contributed by atoms with Crippen LogP contribution in [0.3, 0.4) is 0 Å². The Balaban J connectivity index is 1.00. The molecule has 1 unspecified atom stereocenters. The number of fused-ring (bicyclic) bond motifs is 7. The van der Waals surface area contributed by atoms with Crippen molar-refractivity contribution in [1.82, 2.24) is 10.3 Å². The Morgan fingerprint density at radius 3 is 2.36 bits per heavy atom. The average Bonchev–Trinajstić information content (AvgIpc) is 3.63. The number of carbonyl (C=O) groups is 1. The molecule has 0 amide bonds. The SMILES string of the molecule is C=C(C)C1CC[C@]2(NCC[C@]3(O)CC[C@@H](S(C)(=O)=O)CC3)CC[C@]3(C)[C@H](CC[C@@H]4[C@@]5(C)CC=C(C6=CC[C@](COc7ncccc7C#N)(C(=O)OCC)CC6)C(C)(C)[C@@H]5CC[C@]43C)[C@@H]12. The van der Waals surface area contributed by atoms with Gasteiger partial charge in [-0.25, -0.2) is 13.4 Å². The summed E-state index contributed by atoms with van der Waals surface area (Å²) in [5.74, 6) is 2.82. The second-order valence-electron chi connectivity index (χ2n) is 23.5.